The van der Waals surface area contributed by atoms with E-state index in [1.807, 2.05) is 12.1 Å². The summed E-state index contributed by atoms with van der Waals surface area (Å²) in [6.45, 7) is 0.0226. The first-order chi connectivity index (χ1) is 22.3. The highest BCUT2D eigenvalue weighted by atomic mass is 16.5. The first-order valence-corrected chi connectivity index (χ1v) is 14.8. The first kappa shape index (κ1) is 30.9. The highest BCUT2D eigenvalue weighted by Crippen LogP contribution is 2.38. The molecule has 0 fully saturated rings. The molecule has 0 aliphatic carbocycles. The fraction of sp³-hybridized carbons (Fsp3) is 0.235. The van der Waals surface area contributed by atoms with Crippen molar-refractivity contribution in [2.75, 3.05) is 51.1 Å². The third-order valence-corrected chi connectivity index (χ3v) is 8.18. The molecule has 2 heterocycles. The molecule has 7 aromatic rings. The van der Waals surface area contributed by atoms with Crippen molar-refractivity contribution in [3.05, 3.63) is 102 Å². The maximum absolute atomic E-state index is 12.5. The van der Waals surface area contributed by atoms with Crippen LogP contribution in [0, 0.1) is 0 Å². The number of nitrogen functional groups attached to an aromatic ring is 2. The summed E-state index contributed by atoms with van der Waals surface area (Å²) < 4.78 is 12.2. The van der Waals surface area contributed by atoms with Crippen LogP contribution in [-0.4, -0.2) is 59.0 Å². The fourth-order valence-corrected chi connectivity index (χ4v) is 5.97. The zero-order valence-electron chi connectivity index (χ0n) is 24.8. The minimum absolute atomic E-state index is 0.00717. The Labute approximate surface area is 260 Å². The molecule has 0 unspecified atom stereocenters. The van der Waals surface area contributed by atoms with Gasteiger partial charge in [-0.15, -0.1) is 0 Å². The highest BCUT2D eigenvalue weighted by molar-refractivity contribution is 6.26. The molecule has 0 atom stereocenters. The van der Waals surface area contributed by atoms with Crippen LogP contribution in [0.3, 0.4) is 0 Å². The van der Waals surface area contributed by atoms with Crippen LogP contribution in [0.15, 0.2) is 79.8 Å². The summed E-state index contributed by atoms with van der Waals surface area (Å²) in [7, 11) is 0. The van der Waals surface area contributed by atoms with Crippen molar-refractivity contribution in [3.8, 4) is 0 Å². The van der Waals surface area contributed by atoms with Gasteiger partial charge in [-0.3, -0.25) is 28.3 Å². The van der Waals surface area contributed by atoms with Gasteiger partial charge in [0.05, 0.1) is 74.3 Å². The SMILES string of the molecule is Nc1ccc2ccc3c(N)ccc4ccc1c2c43.O=c1c2cc3c(=O)n(CCOCCO)c(=O)c3cc2c(=O)n1CCOCCO. The Morgan fingerprint density at radius 2 is 0.848 bits per heavy atom. The van der Waals surface area contributed by atoms with Crippen LogP contribution >= 0.6 is 0 Å². The number of rotatable bonds is 10. The lowest BCUT2D eigenvalue weighted by Crippen LogP contribution is -2.28. The molecule has 5 aromatic carbocycles. The zero-order chi connectivity index (χ0) is 32.5. The molecular weight excluding hydrogens is 592 g/mol. The molecule has 0 radical (unpaired) electrons. The largest absolute Gasteiger partial charge is 0.398 e. The molecule has 12 nitrogen and oxygen atoms in total. The van der Waals surface area contributed by atoms with Gasteiger partial charge in [0, 0.05) is 22.1 Å². The van der Waals surface area contributed by atoms with E-state index in [2.05, 4.69) is 36.4 Å². The molecule has 0 saturated heterocycles. The minimum Gasteiger partial charge on any atom is -0.398 e. The molecule has 0 saturated carbocycles. The van der Waals surface area contributed by atoms with Crippen LogP contribution < -0.4 is 33.7 Å². The fourth-order valence-electron chi connectivity index (χ4n) is 5.97. The molecule has 7 rings (SSSR count). The van der Waals surface area contributed by atoms with Crippen molar-refractivity contribution in [1.29, 1.82) is 0 Å². The Hall–Kier alpha value is -5.14. The van der Waals surface area contributed by atoms with Crippen molar-refractivity contribution in [2.45, 2.75) is 13.1 Å². The van der Waals surface area contributed by atoms with E-state index >= 15 is 0 Å². The number of aliphatic hydroxyl groups is 2. The number of nitrogens with two attached hydrogens (primary N) is 2. The Balaban J connectivity index is 0.000000176. The van der Waals surface area contributed by atoms with Crippen LogP contribution in [-0.2, 0) is 22.6 Å². The summed E-state index contributed by atoms with van der Waals surface area (Å²) in [5.74, 6) is 0. The van der Waals surface area contributed by atoms with Crippen molar-refractivity contribution in [3.63, 3.8) is 0 Å². The summed E-state index contributed by atoms with van der Waals surface area (Å²) >= 11 is 0. The van der Waals surface area contributed by atoms with Crippen LogP contribution in [0.4, 0.5) is 11.4 Å². The Morgan fingerprint density at radius 1 is 0.500 bits per heavy atom. The van der Waals surface area contributed by atoms with Crippen LogP contribution in [0.5, 0.6) is 0 Å². The lowest BCUT2D eigenvalue weighted by Gasteiger charge is -2.13. The van der Waals surface area contributed by atoms with Gasteiger partial charge in [0.25, 0.3) is 22.2 Å². The average molecular weight is 625 g/mol. The van der Waals surface area contributed by atoms with E-state index in [0.29, 0.717) is 0 Å². The van der Waals surface area contributed by atoms with E-state index < -0.39 is 22.2 Å². The van der Waals surface area contributed by atoms with Crippen molar-refractivity contribution in [1.82, 2.24) is 9.13 Å². The van der Waals surface area contributed by atoms with Crippen LogP contribution in [0.25, 0.3) is 53.9 Å². The molecule has 236 valence electrons. The summed E-state index contributed by atoms with van der Waals surface area (Å²) in [6.07, 6.45) is 0. The summed E-state index contributed by atoms with van der Waals surface area (Å²) in [6, 6.07) is 19.0. The monoisotopic (exact) mass is 624 g/mol. The van der Waals surface area contributed by atoms with Gasteiger partial charge in [0.2, 0.25) is 0 Å². The second kappa shape index (κ2) is 12.7. The number of nitrogens with zero attached hydrogens (tertiary/aromatic N) is 2. The van der Waals surface area contributed by atoms with Crippen LogP contribution in [0.1, 0.15) is 0 Å². The maximum atomic E-state index is 12.5. The quantitative estimate of drug-likeness (QED) is 0.0990. The number of benzene rings is 5. The molecule has 0 spiro atoms. The third-order valence-electron chi connectivity index (χ3n) is 8.18. The molecule has 2 aromatic heterocycles. The van der Waals surface area contributed by atoms with Gasteiger partial charge in [-0.25, -0.2) is 0 Å². The molecule has 46 heavy (non-hydrogen) atoms. The van der Waals surface area contributed by atoms with Crippen molar-refractivity contribution < 1.29 is 19.7 Å². The van der Waals surface area contributed by atoms with Gasteiger partial charge in [-0.1, -0.05) is 36.4 Å². The number of fused-ring (bicyclic) bond motifs is 2. The normalized spacial score (nSPS) is 11.8. The summed E-state index contributed by atoms with van der Waals surface area (Å²) in [5.41, 5.74) is 11.6. The smallest absolute Gasteiger partial charge is 0.261 e. The van der Waals surface area contributed by atoms with E-state index in [4.69, 9.17) is 31.2 Å². The van der Waals surface area contributed by atoms with Gasteiger partial charge < -0.3 is 31.2 Å². The molecule has 12 heteroatoms. The van der Waals surface area contributed by atoms with E-state index in [1.54, 1.807) is 0 Å². The number of hydrogen-bond acceptors (Lipinski definition) is 10. The second-order valence-corrected chi connectivity index (χ2v) is 10.9. The molecule has 6 N–H and O–H groups in total. The number of hydrogen-bond donors (Lipinski definition) is 4. The first-order valence-electron chi connectivity index (χ1n) is 14.8. The van der Waals surface area contributed by atoms with Crippen molar-refractivity contribution >= 4 is 65.2 Å². The third kappa shape index (κ3) is 5.26. The average Bonchev–Trinajstić information content (AvgIpc) is 3.44. The summed E-state index contributed by atoms with van der Waals surface area (Å²) in [5, 5.41) is 24.8. The number of ether oxygens (including phenoxy) is 2. The van der Waals surface area contributed by atoms with E-state index in [0.717, 1.165) is 31.3 Å². The van der Waals surface area contributed by atoms with Crippen molar-refractivity contribution in [2.24, 2.45) is 0 Å². The van der Waals surface area contributed by atoms with E-state index in [9.17, 15) is 19.2 Å². The standard InChI is InChI=1S/C18H20N2O8.C16H12N2/c21-3-7-27-5-1-19-15(23)11-9-13-14(10-12(11)16(19)24)18(26)20(17(13)25)2-6-28-8-4-22;17-13-8-4-10-2-6-12-14(18)7-3-9-1-5-11(13)16(10)15(9)12/h9-10,21-22H,1-8H2;1-8H,17-18H2. The number of aliphatic hydroxyl groups excluding tert-OH is 2. The van der Waals surface area contributed by atoms with Crippen LogP contribution in [0.2, 0.25) is 0 Å². The van der Waals surface area contributed by atoms with E-state index in [1.165, 1.54) is 33.7 Å². The minimum atomic E-state index is -0.555. The van der Waals surface area contributed by atoms with E-state index in [-0.39, 0.29) is 74.3 Å². The molecule has 0 amide bonds. The predicted octanol–water partition coefficient (Wildman–Crippen LogP) is 1.68. The Morgan fingerprint density at radius 3 is 1.20 bits per heavy atom. The predicted molar refractivity (Wildman–Crippen MR) is 180 cm³/mol. The Kier molecular flexibility index (Phi) is 8.52. The topological polar surface area (TPSA) is 189 Å². The lowest BCUT2D eigenvalue weighted by molar-refractivity contribution is 0.0863. The van der Waals surface area contributed by atoms with Gasteiger partial charge in [0.15, 0.2) is 0 Å². The highest BCUT2D eigenvalue weighted by Gasteiger charge is 2.19. The molecule has 0 aliphatic heterocycles. The Bertz CT molecular complexity index is 2180. The van der Waals surface area contributed by atoms with Gasteiger partial charge in [-0.05, 0) is 45.8 Å². The maximum Gasteiger partial charge on any atom is 0.261 e. The van der Waals surface area contributed by atoms with Gasteiger partial charge >= 0.3 is 0 Å². The van der Waals surface area contributed by atoms with Gasteiger partial charge in [0.1, 0.15) is 0 Å². The molecule has 0 bridgehead atoms. The summed E-state index contributed by atoms with van der Waals surface area (Å²) in [4.78, 5) is 50.1. The lowest BCUT2D eigenvalue weighted by atomic mass is 9.93. The van der Waals surface area contributed by atoms with Gasteiger partial charge in [-0.2, -0.15) is 0 Å². The zero-order valence-corrected chi connectivity index (χ0v) is 24.8. The number of anilines is 2. The number of aromatic nitrogens is 2. The second-order valence-electron chi connectivity index (χ2n) is 10.9. The molecule has 0 aliphatic rings. The molecular formula is C34H32N4O8.